The summed E-state index contributed by atoms with van der Waals surface area (Å²) in [6.07, 6.45) is 0. The van der Waals surface area contributed by atoms with Gasteiger partial charge in [0.2, 0.25) is 5.91 Å². The molecule has 0 aliphatic heterocycles. The first-order chi connectivity index (χ1) is 11.5. The predicted octanol–water partition coefficient (Wildman–Crippen LogP) is 2.19. The van der Waals surface area contributed by atoms with Gasteiger partial charge in [0.25, 0.3) is 5.91 Å². The lowest BCUT2D eigenvalue weighted by molar-refractivity contribution is -0.122. The zero-order valence-electron chi connectivity index (χ0n) is 13.1. The van der Waals surface area contributed by atoms with Crippen molar-refractivity contribution in [1.29, 1.82) is 0 Å². The van der Waals surface area contributed by atoms with Crippen molar-refractivity contribution in [3.05, 3.63) is 65.2 Å². The summed E-state index contributed by atoms with van der Waals surface area (Å²) in [5.74, 6) is -2.63. The summed E-state index contributed by atoms with van der Waals surface area (Å²) in [6, 6.07) is 8.12. The number of carbonyl (C=O) groups is 2. The minimum atomic E-state index is -1.15. The Bertz CT molecular complexity index is 748. The van der Waals surface area contributed by atoms with Crippen LogP contribution < -0.4 is 15.4 Å². The van der Waals surface area contributed by atoms with E-state index >= 15 is 0 Å². The number of amides is 2. The lowest BCUT2D eigenvalue weighted by Crippen LogP contribution is -2.39. The zero-order valence-corrected chi connectivity index (χ0v) is 13.1. The lowest BCUT2D eigenvalue weighted by Gasteiger charge is -2.18. The molecule has 0 saturated heterocycles. The van der Waals surface area contributed by atoms with E-state index in [2.05, 4.69) is 10.6 Å². The monoisotopic (exact) mass is 334 g/mol. The molecule has 5 nitrogen and oxygen atoms in total. The summed E-state index contributed by atoms with van der Waals surface area (Å²) in [5, 5.41) is 4.89. The minimum Gasteiger partial charge on any atom is -0.497 e. The Labute approximate surface area is 137 Å². The van der Waals surface area contributed by atoms with Gasteiger partial charge in [-0.3, -0.25) is 9.59 Å². The van der Waals surface area contributed by atoms with E-state index in [4.69, 9.17) is 4.74 Å². The van der Waals surface area contributed by atoms with Gasteiger partial charge in [0.05, 0.1) is 7.11 Å². The second-order valence-electron chi connectivity index (χ2n) is 4.92. The third-order valence-electron chi connectivity index (χ3n) is 3.41. The second-order valence-corrected chi connectivity index (χ2v) is 4.92. The molecular weight excluding hydrogens is 318 g/mol. The molecule has 1 atom stereocenters. The van der Waals surface area contributed by atoms with Crippen LogP contribution >= 0.6 is 0 Å². The third kappa shape index (κ3) is 3.87. The van der Waals surface area contributed by atoms with Gasteiger partial charge < -0.3 is 15.4 Å². The molecule has 2 amide bonds. The average Bonchev–Trinajstić information content (AvgIpc) is 2.61. The number of methoxy groups -OCH3 is 1. The number of rotatable bonds is 5. The molecule has 0 aromatic heterocycles. The zero-order chi connectivity index (χ0) is 17.7. The third-order valence-corrected chi connectivity index (χ3v) is 3.41. The molecule has 2 aromatic carbocycles. The van der Waals surface area contributed by atoms with E-state index in [-0.39, 0.29) is 5.56 Å². The highest BCUT2D eigenvalue weighted by atomic mass is 19.2. The minimum absolute atomic E-state index is 0.134. The Morgan fingerprint density at radius 2 is 1.71 bits per heavy atom. The van der Waals surface area contributed by atoms with E-state index in [1.54, 1.807) is 12.1 Å². The number of likely N-dealkylation sites (N-methyl/N-ethyl adjacent to an activating group) is 1. The highest BCUT2D eigenvalue weighted by molar-refractivity contribution is 5.97. The molecule has 126 valence electrons. The van der Waals surface area contributed by atoms with Crippen LogP contribution in [-0.2, 0) is 4.79 Å². The molecule has 0 fully saturated rings. The van der Waals surface area contributed by atoms with Crippen LogP contribution in [0.3, 0.4) is 0 Å². The molecular formula is C17H16F2N2O3. The lowest BCUT2D eigenvalue weighted by atomic mass is 10.0. The topological polar surface area (TPSA) is 67.4 Å². The van der Waals surface area contributed by atoms with Gasteiger partial charge in [-0.1, -0.05) is 6.07 Å². The SMILES string of the molecule is CNC(=O)C(NC(=O)c1ccc(OC)cc1)c1ccc(F)c(F)c1. The molecule has 7 heteroatoms. The van der Waals surface area contributed by atoms with Crippen LogP contribution in [0.5, 0.6) is 5.75 Å². The quantitative estimate of drug-likeness (QED) is 0.881. The number of nitrogens with one attached hydrogen (secondary N) is 2. The largest absolute Gasteiger partial charge is 0.497 e. The summed E-state index contributed by atoms with van der Waals surface area (Å²) in [5.41, 5.74) is 0.433. The van der Waals surface area contributed by atoms with Gasteiger partial charge in [-0.15, -0.1) is 0 Å². The molecule has 2 aromatic rings. The predicted molar refractivity (Wildman–Crippen MR) is 83.6 cm³/mol. The van der Waals surface area contributed by atoms with Crippen LogP contribution in [0.1, 0.15) is 22.0 Å². The van der Waals surface area contributed by atoms with E-state index in [1.807, 2.05) is 0 Å². The number of hydrogen-bond donors (Lipinski definition) is 2. The molecule has 0 heterocycles. The number of benzene rings is 2. The maximum Gasteiger partial charge on any atom is 0.252 e. The molecule has 0 saturated carbocycles. The van der Waals surface area contributed by atoms with E-state index < -0.39 is 29.5 Å². The first-order valence-electron chi connectivity index (χ1n) is 7.07. The number of ether oxygens (including phenoxy) is 1. The Morgan fingerprint density at radius 1 is 1.04 bits per heavy atom. The fraction of sp³-hybridized carbons (Fsp3) is 0.176. The maximum atomic E-state index is 13.4. The van der Waals surface area contributed by atoms with Crippen molar-refractivity contribution in [1.82, 2.24) is 10.6 Å². The van der Waals surface area contributed by atoms with E-state index in [1.165, 1.54) is 32.4 Å². The summed E-state index contributed by atoms with van der Waals surface area (Å²) >= 11 is 0. The van der Waals surface area contributed by atoms with E-state index in [9.17, 15) is 18.4 Å². The molecule has 0 radical (unpaired) electrons. The van der Waals surface area contributed by atoms with Crippen LogP contribution in [-0.4, -0.2) is 26.0 Å². The molecule has 1 unspecified atom stereocenters. The van der Waals surface area contributed by atoms with Crippen molar-refractivity contribution in [2.24, 2.45) is 0 Å². The van der Waals surface area contributed by atoms with Crippen LogP contribution in [0.4, 0.5) is 8.78 Å². The van der Waals surface area contributed by atoms with Gasteiger partial charge in [0, 0.05) is 12.6 Å². The first kappa shape index (κ1) is 17.4. The van der Waals surface area contributed by atoms with Gasteiger partial charge in [-0.05, 0) is 42.0 Å². The Hall–Kier alpha value is -2.96. The molecule has 2 N–H and O–H groups in total. The van der Waals surface area contributed by atoms with Crippen molar-refractivity contribution in [2.45, 2.75) is 6.04 Å². The second kappa shape index (κ2) is 7.54. The number of carbonyl (C=O) groups excluding carboxylic acids is 2. The molecule has 0 bridgehead atoms. The van der Waals surface area contributed by atoms with Gasteiger partial charge in [-0.2, -0.15) is 0 Å². The Kier molecular flexibility index (Phi) is 5.47. The van der Waals surface area contributed by atoms with Crippen molar-refractivity contribution >= 4 is 11.8 Å². The van der Waals surface area contributed by atoms with Crippen LogP contribution in [0.2, 0.25) is 0 Å². The molecule has 2 rings (SSSR count). The Morgan fingerprint density at radius 3 is 2.25 bits per heavy atom. The van der Waals surface area contributed by atoms with Gasteiger partial charge in [-0.25, -0.2) is 8.78 Å². The molecule has 24 heavy (non-hydrogen) atoms. The van der Waals surface area contributed by atoms with Gasteiger partial charge in [0.1, 0.15) is 11.8 Å². The average molecular weight is 334 g/mol. The van der Waals surface area contributed by atoms with Crippen molar-refractivity contribution < 1.29 is 23.1 Å². The summed E-state index contributed by atoms with van der Waals surface area (Å²) in [4.78, 5) is 24.3. The highest BCUT2D eigenvalue weighted by Crippen LogP contribution is 2.18. The summed E-state index contributed by atoms with van der Waals surface area (Å²) in [6.45, 7) is 0. The van der Waals surface area contributed by atoms with E-state index in [0.717, 1.165) is 12.1 Å². The van der Waals surface area contributed by atoms with E-state index in [0.29, 0.717) is 11.3 Å². The van der Waals surface area contributed by atoms with Crippen LogP contribution in [0.25, 0.3) is 0 Å². The molecule has 0 aliphatic carbocycles. The number of hydrogen-bond acceptors (Lipinski definition) is 3. The van der Waals surface area contributed by atoms with Crippen molar-refractivity contribution in [3.8, 4) is 5.75 Å². The fourth-order valence-electron chi connectivity index (χ4n) is 2.09. The smallest absolute Gasteiger partial charge is 0.252 e. The van der Waals surface area contributed by atoms with Crippen molar-refractivity contribution in [3.63, 3.8) is 0 Å². The normalized spacial score (nSPS) is 11.5. The standard InChI is InChI=1S/C17H16F2N2O3/c1-20-17(23)15(11-5-8-13(18)14(19)9-11)21-16(22)10-3-6-12(24-2)7-4-10/h3-9,15H,1-2H3,(H,20,23)(H,21,22). The molecule has 0 spiro atoms. The molecule has 0 aliphatic rings. The number of halogens is 2. The maximum absolute atomic E-state index is 13.4. The van der Waals surface area contributed by atoms with Crippen LogP contribution in [0.15, 0.2) is 42.5 Å². The fourth-order valence-corrected chi connectivity index (χ4v) is 2.09. The first-order valence-corrected chi connectivity index (χ1v) is 7.07. The van der Waals surface area contributed by atoms with Crippen LogP contribution in [0, 0.1) is 11.6 Å². The summed E-state index contributed by atoms with van der Waals surface area (Å²) in [7, 11) is 2.88. The Balaban J connectivity index is 2.26. The highest BCUT2D eigenvalue weighted by Gasteiger charge is 2.23. The van der Waals surface area contributed by atoms with Gasteiger partial charge >= 0.3 is 0 Å². The summed E-state index contributed by atoms with van der Waals surface area (Å²) < 4.78 is 31.5. The van der Waals surface area contributed by atoms with Crippen molar-refractivity contribution in [2.75, 3.05) is 14.2 Å². The van der Waals surface area contributed by atoms with Gasteiger partial charge in [0.15, 0.2) is 11.6 Å².